The van der Waals surface area contributed by atoms with E-state index < -0.39 is 28.4 Å². The van der Waals surface area contributed by atoms with Gasteiger partial charge < -0.3 is 10.7 Å². The zero-order valence-corrected chi connectivity index (χ0v) is 12.9. The summed E-state index contributed by atoms with van der Waals surface area (Å²) in [5, 5.41) is 2.28. The van der Waals surface area contributed by atoms with Gasteiger partial charge in [-0.3, -0.25) is 15.0 Å². The van der Waals surface area contributed by atoms with E-state index >= 15 is 0 Å². The summed E-state index contributed by atoms with van der Waals surface area (Å²) in [7, 11) is -3.75. The van der Waals surface area contributed by atoms with Crippen LogP contribution >= 0.6 is 0 Å². The topological polar surface area (TPSA) is 116 Å². The normalized spacial score (nSPS) is 10.6. The Morgan fingerprint density at radius 2 is 1.68 bits per heavy atom. The third kappa shape index (κ3) is 6.37. The Morgan fingerprint density at radius 1 is 1.05 bits per heavy atom. The van der Waals surface area contributed by atoms with Crippen LogP contribution in [0.2, 0.25) is 0 Å². The van der Waals surface area contributed by atoms with Gasteiger partial charge in [-0.05, 0) is 19.1 Å². The Balaban J connectivity index is 2.37. The third-order valence-electron chi connectivity index (χ3n) is 2.34. The molecule has 0 bridgehead atoms. The molecule has 8 nitrogen and oxygen atoms in total. The van der Waals surface area contributed by atoms with E-state index in [2.05, 4.69) is 27.5 Å². The van der Waals surface area contributed by atoms with Gasteiger partial charge in [0.1, 0.15) is 0 Å². The minimum Gasteiger partial charge on any atom is -0.346 e. The quantitative estimate of drug-likeness (QED) is 0.468. The van der Waals surface area contributed by atoms with Crippen LogP contribution in [0, 0.1) is 0 Å². The molecular formula is C13H18N4O4S. The highest BCUT2D eigenvalue weighted by atomic mass is 32.2. The number of sulfonamides is 1. The number of hydrogen-bond acceptors (Lipinski definition) is 5. The van der Waals surface area contributed by atoms with Gasteiger partial charge in [-0.15, -0.1) is 0 Å². The van der Waals surface area contributed by atoms with E-state index in [1.165, 1.54) is 12.1 Å². The summed E-state index contributed by atoms with van der Waals surface area (Å²) in [4.78, 5) is 22.9. The van der Waals surface area contributed by atoms with Gasteiger partial charge >= 0.3 is 0 Å². The number of amides is 2. The first-order chi connectivity index (χ1) is 10.3. The van der Waals surface area contributed by atoms with Crippen molar-refractivity contribution in [1.82, 2.24) is 20.9 Å². The number of nitrogens with one attached hydrogen (secondary N) is 4. The first kappa shape index (κ1) is 17.7. The van der Waals surface area contributed by atoms with Crippen molar-refractivity contribution >= 4 is 21.8 Å². The molecule has 2 amide bonds. The summed E-state index contributed by atoms with van der Waals surface area (Å²) in [5.74, 6) is -1.10. The van der Waals surface area contributed by atoms with Crippen LogP contribution in [0.4, 0.5) is 0 Å². The van der Waals surface area contributed by atoms with Crippen molar-refractivity contribution in [1.29, 1.82) is 0 Å². The second-order valence-corrected chi connectivity index (χ2v) is 6.13. The molecule has 1 aromatic carbocycles. The minimum absolute atomic E-state index is 0.0613. The van der Waals surface area contributed by atoms with E-state index in [1.54, 1.807) is 25.1 Å². The highest BCUT2D eigenvalue weighted by molar-refractivity contribution is 7.89. The average molecular weight is 326 g/mol. The Labute approximate surface area is 129 Å². The lowest BCUT2D eigenvalue weighted by atomic mass is 10.4. The molecule has 0 aliphatic carbocycles. The molecule has 1 rings (SSSR count). The largest absolute Gasteiger partial charge is 0.346 e. The van der Waals surface area contributed by atoms with Crippen molar-refractivity contribution < 1.29 is 18.0 Å². The fourth-order valence-corrected chi connectivity index (χ4v) is 2.31. The van der Waals surface area contributed by atoms with Gasteiger partial charge in [-0.25, -0.2) is 13.1 Å². The summed E-state index contributed by atoms with van der Waals surface area (Å²) in [6, 6.07) is 7.67. The Morgan fingerprint density at radius 3 is 2.27 bits per heavy atom. The highest BCUT2D eigenvalue weighted by Gasteiger charge is 2.15. The maximum Gasteiger partial charge on any atom is 0.257 e. The van der Waals surface area contributed by atoms with Crippen LogP contribution < -0.4 is 20.9 Å². The predicted molar refractivity (Wildman–Crippen MR) is 80.7 cm³/mol. The zero-order chi connectivity index (χ0) is 16.6. The van der Waals surface area contributed by atoms with Crippen molar-refractivity contribution in [2.45, 2.75) is 11.8 Å². The molecular weight excluding hydrogens is 308 g/mol. The molecule has 0 aliphatic rings. The third-order valence-corrected chi connectivity index (χ3v) is 3.75. The van der Waals surface area contributed by atoms with E-state index in [1.807, 2.05) is 0 Å². The van der Waals surface area contributed by atoms with Crippen molar-refractivity contribution in [3.05, 3.63) is 42.6 Å². The molecule has 120 valence electrons. The number of allylic oxidation sites excluding steroid dienone is 1. The molecule has 0 saturated heterocycles. The first-order valence-electron chi connectivity index (χ1n) is 6.33. The van der Waals surface area contributed by atoms with E-state index in [-0.39, 0.29) is 11.4 Å². The van der Waals surface area contributed by atoms with Crippen LogP contribution in [-0.2, 0) is 19.6 Å². The minimum atomic E-state index is -3.75. The molecule has 0 saturated carbocycles. The molecule has 0 radical (unpaired) electrons. The van der Waals surface area contributed by atoms with E-state index in [0.717, 1.165) is 0 Å². The number of rotatable bonds is 8. The molecule has 0 unspecified atom stereocenters. The molecule has 0 spiro atoms. The van der Waals surface area contributed by atoms with Crippen molar-refractivity contribution in [3.63, 3.8) is 0 Å². The lowest BCUT2D eigenvalue weighted by Gasteiger charge is -2.09. The molecule has 0 fully saturated rings. The van der Waals surface area contributed by atoms with Crippen LogP contribution in [0.5, 0.6) is 0 Å². The maximum absolute atomic E-state index is 11.9. The molecule has 4 N–H and O–H groups in total. The molecule has 1 aromatic rings. The smallest absolute Gasteiger partial charge is 0.257 e. The highest BCUT2D eigenvalue weighted by Crippen LogP contribution is 2.06. The number of hydrazine groups is 1. The fourth-order valence-electron chi connectivity index (χ4n) is 1.31. The monoisotopic (exact) mass is 326 g/mol. The van der Waals surface area contributed by atoms with E-state index in [0.29, 0.717) is 5.70 Å². The maximum atomic E-state index is 11.9. The summed E-state index contributed by atoms with van der Waals surface area (Å²) in [6.07, 6.45) is 0. The van der Waals surface area contributed by atoms with Crippen molar-refractivity contribution in [2.75, 3.05) is 13.1 Å². The summed E-state index contributed by atoms with van der Waals surface area (Å²) in [6.45, 7) is 4.42. The van der Waals surface area contributed by atoms with Gasteiger partial charge in [-0.1, -0.05) is 24.8 Å². The lowest BCUT2D eigenvalue weighted by Crippen LogP contribution is -2.45. The molecule has 0 aliphatic heterocycles. The van der Waals surface area contributed by atoms with Gasteiger partial charge in [0.25, 0.3) is 5.91 Å². The summed E-state index contributed by atoms with van der Waals surface area (Å²) in [5.41, 5.74) is 5.32. The Hall–Kier alpha value is -2.39. The average Bonchev–Trinajstić information content (AvgIpc) is 2.49. The molecule has 22 heavy (non-hydrogen) atoms. The second-order valence-electron chi connectivity index (χ2n) is 4.37. The molecule has 0 heterocycles. The molecule has 9 heteroatoms. The number of carbonyl (C=O) groups is 2. The number of hydrogen-bond donors (Lipinski definition) is 4. The Bertz CT molecular complexity index is 643. The fraction of sp³-hybridized carbons (Fsp3) is 0.231. The SMILES string of the molecule is C=C(C)NNC(=O)CNC(=O)CNS(=O)(=O)c1ccccc1. The number of carbonyl (C=O) groups excluding carboxylic acids is 2. The van der Waals surface area contributed by atoms with Gasteiger partial charge in [0.15, 0.2) is 0 Å². The van der Waals surface area contributed by atoms with E-state index in [9.17, 15) is 18.0 Å². The van der Waals surface area contributed by atoms with Gasteiger partial charge in [0.2, 0.25) is 15.9 Å². The summed E-state index contributed by atoms with van der Waals surface area (Å²) < 4.78 is 25.9. The van der Waals surface area contributed by atoms with Crippen LogP contribution in [-0.4, -0.2) is 33.3 Å². The predicted octanol–water partition coefficient (Wildman–Crippen LogP) is -0.764. The molecule has 0 aromatic heterocycles. The van der Waals surface area contributed by atoms with Crippen LogP contribution in [0.3, 0.4) is 0 Å². The van der Waals surface area contributed by atoms with Gasteiger partial charge in [0, 0.05) is 5.70 Å². The standard InChI is InChI=1S/C13H18N4O4S/c1-10(2)16-17-13(19)8-14-12(18)9-15-22(20,21)11-6-4-3-5-7-11/h3-7,15-16H,1,8-9H2,2H3,(H,14,18)(H,17,19). The van der Waals surface area contributed by atoms with Crippen LogP contribution in [0.25, 0.3) is 0 Å². The van der Waals surface area contributed by atoms with Gasteiger partial charge in [0.05, 0.1) is 18.0 Å². The second kappa shape index (κ2) is 8.15. The first-order valence-corrected chi connectivity index (χ1v) is 7.81. The van der Waals surface area contributed by atoms with Crippen molar-refractivity contribution in [3.8, 4) is 0 Å². The zero-order valence-electron chi connectivity index (χ0n) is 12.0. The summed E-state index contributed by atoms with van der Waals surface area (Å²) >= 11 is 0. The van der Waals surface area contributed by atoms with Crippen LogP contribution in [0.1, 0.15) is 6.92 Å². The van der Waals surface area contributed by atoms with Crippen LogP contribution in [0.15, 0.2) is 47.5 Å². The van der Waals surface area contributed by atoms with E-state index in [4.69, 9.17) is 0 Å². The Kier molecular flexibility index (Phi) is 6.54. The number of benzene rings is 1. The van der Waals surface area contributed by atoms with Crippen molar-refractivity contribution in [2.24, 2.45) is 0 Å². The molecule has 0 atom stereocenters. The lowest BCUT2D eigenvalue weighted by molar-refractivity contribution is -0.125. The van der Waals surface area contributed by atoms with Gasteiger partial charge in [-0.2, -0.15) is 0 Å².